The van der Waals surface area contributed by atoms with Gasteiger partial charge in [0.1, 0.15) is 0 Å². The minimum absolute atomic E-state index is 0.445. The summed E-state index contributed by atoms with van der Waals surface area (Å²) in [6.45, 7) is 8.06. The molecule has 0 radical (unpaired) electrons. The number of hydrogen-bond donors (Lipinski definition) is 1. The Bertz CT molecular complexity index is 433. The number of hydrogen-bond acceptors (Lipinski definition) is 1. The third-order valence-electron chi connectivity index (χ3n) is 4.81. The summed E-state index contributed by atoms with van der Waals surface area (Å²) < 4.78 is 0. The van der Waals surface area contributed by atoms with Gasteiger partial charge in [0, 0.05) is 6.04 Å². The topological polar surface area (TPSA) is 12.0 Å². The molecular weight excluding hydrogens is 206 g/mol. The molecular formula is C16H23N. The lowest BCUT2D eigenvalue weighted by Crippen LogP contribution is -2.22. The Labute approximate surface area is 105 Å². The van der Waals surface area contributed by atoms with Crippen molar-refractivity contribution in [2.75, 3.05) is 6.54 Å². The maximum Gasteiger partial charge on any atom is 0.00683 e. The molecule has 2 saturated carbocycles. The van der Waals surface area contributed by atoms with Gasteiger partial charge < -0.3 is 5.32 Å². The predicted molar refractivity (Wildman–Crippen MR) is 72.4 cm³/mol. The summed E-state index contributed by atoms with van der Waals surface area (Å²) >= 11 is 0. The number of nitrogens with one attached hydrogen (secondary N) is 1. The third kappa shape index (κ3) is 2.13. The molecule has 0 aliphatic heterocycles. The van der Waals surface area contributed by atoms with Crippen LogP contribution >= 0.6 is 0 Å². The molecule has 0 saturated heterocycles. The molecule has 0 bridgehead atoms. The molecule has 1 aromatic carbocycles. The quantitative estimate of drug-likeness (QED) is 0.835. The van der Waals surface area contributed by atoms with Gasteiger partial charge in [0.2, 0.25) is 0 Å². The van der Waals surface area contributed by atoms with Crippen molar-refractivity contribution in [3.8, 4) is 0 Å². The third-order valence-corrected chi connectivity index (χ3v) is 4.81. The Morgan fingerprint density at radius 2 is 2.00 bits per heavy atom. The van der Waals surface area contributed by atoms with Crippen LogP contribution in [-0.2, 0) is 5.41 Å². The van der Waals surface area contributed by atoms with Gasteiger partial charge >= 0.3 is 0 Å². The number of rotatable bonds is 4. The molecule has 2 unspecified atom stereocenters. The fourth-order valence-electron chi connectivity index (χ4n) is 2.80. The Morgan fingerprint density at radius 1 is 1.24 bits per heavy atom. The predicted octanol–water partition coefficient (Wildman–Crippen LogP) is 3.33. The summed E-state index contributed by atoms with van der Waals surface area (Å²) in [7, 11) is 0. The molecule has 0 heterocycles. The highest BCUT2D eigenvalue weighted by Crippen LogP contribution is 2.53. The van der Waals surface area contributed by atoms with Crippen LogP contribution in [0.1, 0.15) is 42.9 Å². The van der Waals surface area contributed by atoms with E-state index in [4.69, 9.17) is 0 Å². The second-order valence-electron chi connectivity index (χ2n) is 6.30. The Hall–Kier alpha value is -0.820. The van der Waals surface area contributed by atoms with E-state index in [0.29, 0.717) is 5.41 Å². The van der Waals surface area contributed by atoms with Crippen LogP contribution in [0.5, 0.6) is 0 Å². The van der Waals surface area contributed by atoms with E-state index in [1.54, 1.807) is 5.56 Å². The lowest BCUT2D eigenvalue weighted by Gasteiger charge is -2.14. The maximum absolute atomic E-state index is 3.67. The first-order valence-corrected chi connectivity index (χ1v) is 6.91. The number of benzene rings is 1. The van der Waals surface area contributed by atoms with E-state index < -0.39 is 0 Å². The monoisotopic (exact) mass is 229 g/mol. The highest BCUT2D eigenvalue weighted by molar-refractivity contribution is 5.38. The summed E-state index contributed by atoms with van der Waals surface area (Å²) in [6, 6.07) is 7.85. The first-order valence-electron chi connectivity index (χ1n) is 6.91. The zero-order chi connectivity index (χ0) is 12.0. The van der Waals surface area contributed by atoms with Crippen LogP contribution in [-0.4, -0.2) is 12.6 Å². The minimum atomic E-state index is 0.445. The van der Waals surface area contributed by atoms with E-state index >= 15 is 0 Å². The van der Waals surface area contributed by atoms with Crippen molar-refractivity contribution in [1.82, 2.24) is 5.32 Å². The minimum Gasteiger partial charge on any atom is -0.314 e. The molecule has 0 aromatic heterocycles. The largest absolute Gasteiger partial charge is 0.314 e. The highest BCUT2D eigenvalue weighted by Gasteiger charge is 2.51. The Balaban J connectivity index is 1.68. The van der Waals surface area contributed by atoms with E-state index in [2.05, 4.69) is 44.3 Å². The molecule has 1 aromatic rings. The first-order chi connectivity index (χ1) is 8.09. The summed E-state index contributed by atoms with van der Waals surface area (Å²) in [5.41, 5.74) is 4.83. The van der Waals surface area contributed by atoms with Crippen molar-refractivity contribution >= 4 is 0 Å². The highest BCUT2D eigenvalue weighted by atomic mass is 15.0. The average Bonchev–Trinajstić information content (AvgIpc) is 3.17. The first kappa shape index (κ1) is 11.3. The van der Waals surface area contributed by atoms with Gasteiger partial charge in [0.25, 0.3) is 0 Å². The van der Waals surface area contributed by atoms with Crippen LogP contribution in [0.25, 0.3) is 0 Å². The van der Waals surface area contributed by atoms with Crippen molar-refractivity contribution in [3.05, 3.63) is 34.9 Å². The van der Waals surface area contributed by atoms with Gasteiger partial charge in [-0.15, -0.1) is 0 Å². The van der Waals surface area contributed by atoms with E-state index in [0.717, 1.165) is 12.0 Å². The van der Waals surface area contributed by atoms with Crippen molar-refractivity contribution in [2.24, 2.45) is 5.92 Å². The molecule has 2 atom stereocenters. The average molecular weight is 229 g/mol. The summed E-state index contributed by atoms with van der Waals surface area (Å²) in [6.07, 6.45) is 4.15. The van der Waals surface area contributed by atoms with Crippen LogP contribution < -0.4 is 5.32 Å². The summed E-state index contributed by atoms with van der Waals surface area (Å²) in [4.78, 5) is 0. The Kier molecular flexibility index (Phi) is 2.55. The van der Waals surface area contributed by atoms with Crippen LogP contribution in [0.3, 0.4) is 0 Å². The molecule has 0 spiro atoms. The lowest BCUT2D eigenvalue weighted by atomic mass is 9.92. The molecule has 1 heteroatoms. The standard InChI is InChI=1S/C16H23N/c1-11-4-5-13(8-12(11)2)16(3)9-14(16)10-17-15-6-7-15/h4-5,8,14-15,17H,6-7,9-10H2,1-3H3. The molecule has 0 amide bonds. The van der Waals surface area contributed by atoms with Crippen LogP contribution in [0.15, 0.2) is 18.2 Å². The zero-order valence-corrected chi connectivity index (χ0v) is 11.2. The SMILES string of the molecule is Cc1ccc(C2(C)CC2CNC2CC2)cc1C. The lowest BCUT2D eigenvalue weighted by molar-refractivity contribution is 0.575. The molecule has 92 valence electrons. The van der Waals surface area contributed by atoms with Gasteiger partial charge in [-0.25, -0.2) is 0 Å². The van der Waals surface area contributed by atoms with Crippen molar-refractivity contribution in [2.45, 2.75) is 51.5 Å². The second-order valence-corrected chi connectivity index (χ2v) is 6.30. The van der Waals surface area contributed by atoms with Gasteiger partial charge in [0.05, 0.1) is 0 Å². The number of aryl methyl sites for hydroxylation is 2. The van der Waals surface area contributed by atoms with Crippen molar-refractivity contribution < 1.29 is 0 Å². The Morgan fingerprint density at radius 3 is 2.65 bits per heavy atom. The van der Waals surface area contributed by atoms with Crippen molar-refractivity contribution in [1.29, 1.82) is 0 Å². The van der Waals surface area contributed by atoms with Crippen LogP contribution in [0.4, 0.5) is 0 Å². The summed E-state index contributed by atoms with van der Waals surface area (Å²) in [5.74, 6) is 0.852. The van der Waals surface area contributed by atoms with E-state index in [-0.39, 0.29) is 0 Å². The molecule has 3 rings (SSSR count). The van der Waals surface area contributed by atoms with Crippen LogP contribution in [0, 0.1) is 19.8 Å². The van der Waals surface area contributed by atoms with Gasteiger partial charge in [-0.05, 0) is 67.7 Å². The van der Waals surface area contributed by atoms with E-state index in [1.165, 1.54) is 36.9 Å². The van der Waals surface area contributed by atoms with Crippen molar-refractivity contribution in [3.63, 3.8) is 0 Å². The van der Waals surface area contributed by atoms with Gasteiger partial charge in [-0.1, -0.05) is 25.1 Å². The second kappa shape index (κ2) is 3.84. The fraction of sp³-hybridized carbons (Fsp3) is 0.625. The van der Waals surface area contributed by atoms with E-state index in [1.807, 2.05) is 0 Å². The fourth-order valence-corrected chi connectivity index (χ4v) is 2.80. The molecule has 1 nitrogen and oxygen atoms in total. The molecule has 17 heavy (non-hydrogen) atoms. The molecule has 1 N–H and O–H groups in total. The maximum atomic E-state index is 3.67. The summed E-state index contributed by atoms with van der Waals surface area (Å²) in [5, 5.41) is 3.67. The smallest absolute Gasteiger partial charge is 0.00683 e. The van der Waals surface area contributed by atoms with Gasteiger partial charge in [-0.2, -0.15) is 0 Å². The van der Waals surface area contributed by atoms with Gasteiger partial charge in [-0.3, -0.25) is 0 Å². The zero-order valence-electron chi connectivity index (χ0n) is 11.2. The normalized spacial score (nSPS) is 31.6. The molecule has 2 aliphatic rings. The molecule has 2 fully saturated rings. The van der Waals surface area contributed by atoms with E-state index in [9.17, 15) is 0 Å². The van der Waals surface area contributed by atoms with Crippen LogP contribution in [0.2, 0.25) is 0 Å². The molecule has 2 aliphatic carbocycles. The van der Waals surface area contributed by atoms with Gasteiger partial charge in [0.15, 0.2) is 0 Å².